The third kappa shape index (κ3) is 6.10. The largest absolute Gasteiger partial charge is 0.326 e. The van der Waals surface area contributed by atoms with Crippen molar-refractivity contribution in [3.63, 3.8) is 0 Å². The Morgan fingerprint density at radius 3 is 2.33 bits per heavy atom. The molecule has 120 valence electrons. The first-order valence-corrected chi connectivity index (χ1v) is 9.58. The Labute approximate surface area is 126 Å². The summed E-state index contributed by atoms with van der Waals surface area (Å²) >= 11 is 0. The minimum atomic E-state index is -3.58. The lowest BCUT2D eigenvalue weighted by atomic mass is 10.1. The number of nitrogens with zero attached hydrogens (tertiary/aromatic N) is 1. The number of hydrogen-bond acceptors (Lipinski definition) is 5. The summed E-state index contributed by atoms with van der Waals surface area (Å²) in [6, 6.07) is 6.96. The Morgan fingerprint density at radius 2 is 1.76 bits per heavy atom. The van der Waals surface area contributed by atoms with Gasteiger partial charge in [-0.15, -0.1) is 0 Å². The predicted molar refractivity (Wildman–Crippen MR) is 82.4 cm³/mol. The van der Waals surface area contributed by atoms with Crippen LogP contribution in [0.25, 0.3) is 0 Å². The van der Waals surface area contributed by atoms with E-state index in [1.165, 1.54) is 14.1 Å². The average molecular weight is 335 g/mol. The molecule has 1 rings (SSSR count). The van der Waals surface area contributed by atoms with Crippen molar-refractivity contribution < 1.29 is 16.8 Å². The van der Waals surface area contributed by atoms with Crippen molar-refractivity contribution in [3.05, 3.63) is 35.4 Å². The van der Waals surface area contributed by atoms with E-state index in [0.717, 1.165) is 9.87 Å². The molecular weight excluding hydrogens is 314 g/mol. The van der Waals surface area contributed by atoms with Crippen molar-refractivity contribution in [2.45, 2.75) is 12.3 Å². The third-order valence-corrected chi connectivity index (χ3v) is 6.01. The highest BCUT2D eigenvalue weighted by Gasteiger charge is 2.16. The molecule has 0 aliphatic rings. The van der Waals surface area contributed by atoms with E-state index in [0.29, 0.717) is 12.1 Å². The summed E-state index contributed by atoms with van der Waals surface area (Å²) < 4.78 is 50.2. The normalized spacial score (nSPS) is 12.8. The molecule has 0 saturated carbocycles. The van der Waals surface area contributed by atoms with E-state index in [1.807, 2.05) is 6.07 Å². The van der Waals surface area contributed by atoms with E-state index < -0.39 is 20.0 Å². The first kappa shape index (κ1) is 18.1. The van der Waals surface area contributed by atoms with Crippen LogP contribution in [0.3, 0.4) is 0 Å². The molecule has 7 nitrogen and oxygen atoms in total. The molecule has 0 spiro atoms. The maximum Gasteiger partial charge on any atom is 0.215 e. The fraction of sp³-hybridized carbons (Fsp3) is 0.500. The van der Waals surface area contributed by atoms with E-state index in [9.17, 15) is 16.8 Å². The Bertz CT molecular complexity index is 669. The maximum atomic E-state index is 11.9. The first-order chi connectivity index (χ1) is 9.66. The quantitative estimate of drug-likeness (QED) is 0.663. The van der Waals surface area contributed by atoms with Crippen molar-refractivity contribution in [2.75, 3.05) is 26.4 Å². The molecule has 3 N–H and O–H groups in total. The zero-order chi connectivity index (χ0) is 16.1. The minimum Gasteiger partial charge on any atom is -0.326 e. The summed E-state index contributed by atoms with van der Waals surface area (Å²) in [5.74, 6) is -0.481. The monoisotopic (exact) mass is 335 g/mol. The highest BCUT2D eigenvalue weighted by atomic mass is 32.2. The van der Waals surface area contributed by atoms with Crippen LogP contribution in [0.15, 0.2) is 24.3 Å². The molecule has 0 aliphatic carbocycles. The molecule has 0 atom stereocenters. The smallest absolute Gasteiger partial charge is 0.215 e. The van der Waals surface area contributed by atoms with Crippen LogP contribution in [0, 0.1) is 0 Å². The molecule has 0 fully saturated rings. The van der Waals surface area contributed by atoms with Crippen LogP contribution in [0.1, 0.15) is 11.1 Å². The topological polar surface area (TPSA) is 110 Å². The number of rotatable bonds is 8. The summed E-state index contributed by atoms with van der Waals surface area (Å²) in [4.78, 5) is 0. The van der Waals surface area contributed by atoms with Gasteiger partial charge in [0.05, 0.1) is 11.5 Å². The molecule has 0 amide bonds. The second-order valence-corrected chi connectivity index (χ2v) is 8.89. The SMILES string of the molecule is CN(C)S(=O)(=O)CCNS(=O)(=O)Cc1cccc(CN)c1. The number of benzene rings is 1. The zero-order valence-corrected chi connectivity index (χ0v) is 13.7. The lowest BCUT2D eigenvalue weighted by molar-refractivity contribution is 0.519. The van der Waals surface area contributed by atoms with Gasteiger partial charge in [-0.05, 0) is 11.1 Å². The molecule has 0 unspecified atom stereocenters. The van der Waals surface area contributed by atoms with Crippen molar-refractivity contribution >= 4 is 20.0 Å². The predicted octanol–water partition coefficient (Wildman–Crippen LogP) is -0.544. The summed E-state index contributed by atoms with van der Waals surface area (Å²) in [7, 11) is -4.19. The van der Waals surface area contributed by atoms with Crippen molar-refractivity contribution in [2.24, 2.45) is 5.73 Å². The fourth-order valence-electron chi connectivity index (χ4n) is 1.63. The number of nitrogens with one attached hydrogen (secondary N) is 1. The maximum absolute atomic E-state index is 11.9. The van der Waals surface area contributed by atoms with Gasteiger partial charge in [0.1, 0.15) is 0 Å². The highest BCUT2D eigenvalue weighted by molar-refractivity contribution is 7.89. The second kappa shape index (κ2) is 7.32. The molecule has 0 bridgehead atoms. The molecule has 1 aromatic carbocycles. The number of sulfonamides is 2. The highest BCUT2D eigenvalue weighted by Crippen LogP contribution is 2.08. The van der Waals surface area contributed by atoms with E-state index in [4.69, 9.17) is 5.73 Å². The van der Waals surface area contributed by atoms with E-state index in [-0.39, 0.29) is 18.1 Å². The summed E-state index contributed by atoms with van der Waals surface area (Å²) in [6.07, 6.45) is 0. The lowest BCUT2D eigenvalue weighted by Gasteiger charge is -2.12. The Balaban J connectivity index is 2.62. The number of hydrogen-bond donors (Lipinski definition) is 2. The summed E-state index contributed by atoms with van der Waals surface area (Å²) in [5, 5.41) is 0. The van der Waals surface area contributed by atoms with Crippen molar-refractivity contribution in [1.82, 2.24) is 9.03 Å². The van der Waals surface area contributed by atoms with Gasteiger partial charge in [0.2, 0.25) is 20.0 Å². The number of nitrogens with two attached hydrogens (primary N) is 1. The molecular formula is C12H21N3O4S2. The van der Waals surface area contributed by atoms with E-state index >= 15 is 0 Å². The summed E-state index contributed by atoms with van der Waals surface area (Å²) in [6.45, 7) is 0.182. The molecule has 0 aliphatic heterocycles. The van der Waals surface area contributed by atoms with Gasteiger partial charge >= 0.3 is 0 Å². The van der Waals surface area contributed by atoms with Crippen LogP contribution in [0.4, 0.5) is 0 Å². The van der Waals surface area contributed by atoms with Gasteiger partial charge < -0.3 is 5.73 Å². The molecule has 0 heterocycles. The Morgan fingerprint density at radius 1 is 1.14 bits per heavy atom. The molecule has 0 saturated heterocycles. The van der Waals surface area contributed by atoms with Crippen LogP contribution in [-0.2, 0) is 32.3 Å². The molecule has 0 aromatic heterocycles. The minimum absolute atomic E-state index is 0.153. The van der Waals surface area contributed by atoms with Crippen LogP contribution in [0.5, 0.6) is 0 Å². The van der Waals surface area contributed by atoms with Gasteiger partial charge in [0.15, 0.2) is 0 Å². The average Bonchev–Trinajstić information content (AvgIpc) is 2.37. The molecule has 9 heteroatoms. The van der Waals surface area contributed by atoms with Gasteiger partial charge in [-0.2, -0.15) is 0 Å². The van der Waals surface area contributed by atoms with Gasteiger partial charge in [-0.25, -0.2) is 25.9 Å². The van der Waals surface area contributed by atoms with Crippen molar-refractivity contribution in [3.8, 4) is 0 Å². The van der Waals surface area contributed by atoms with E-state index in [1.54, 1.807) is 18.2 Å². The lowest BCUT2D eigenvalue weighted by Crippen LogP contribution is -2.34. The van der Waals surface area contributed by atoms with Gasteiger partial charge in [0.25, 0.3) is 0 Å². The Hall–Kier alpha value is -1.00. The van der Waals surface area contributed by atoms with E-state index in [2.05, 4.69) is 4.72 Å². The zero-order valence-electron chi connectivity index (χ0n) is 12.1. The van der Waals surface area contributed by atoms with Gasteiger partial charge in [0, 0.05) is 27.2 Å². The molecule has 0 radical (unpaired) electrons. The van der Waals surface area contributed by atoms with Crippen LogP contribution >= 0.6 is 0 Å². The fourth-order valence-corrected chi connectivity index (χ4v) is 3.61. The van der Waals surface area contributed by atoms with Crippen LogP contribution in [-0.4, -0.2) is 47.5 Å². The standard InChI is InChI=1S/C12H21N3O4S2/c1-15(2)21(18,19)7-6-14-20(16,17)10-12-5-3-4-11(8-12)9-13/h3-5,8,14H,6-7,9-10,13H2,1-2H3. The Kier molecular flexibility index (Phi) is 6.29. The molecule has 21 heavy (non-hydrogen) atoms. The second-order valence-electron chi connectivity index (χ2n) is 4.78. The first-order valence-electron chi connectivity index (χ1n) is 6.32. The summed E-state index contributed by atoms with van der Waals surface area (Å²) in [5.41, 5.74) is 6.96. The van der Waals surface area contributed by atoms with Gasteiger partial charge in [-0.1, -0.05) is 24.3 Å². The van der Waals surface area contributed by atoms with Crippen molar-refractivity contribution in [1.29, 1.82) is 0 Å². The third-order valence-electron chi connectivity index (χ3n) is 2.82. The van der Waals surface area contributed by atoms with Crippen LogP contribution < -0.4 is 10.5 Å². The van der Waals surface area contributed by atoms with Crippen LogP contribution in [0.2, 0.25) is 0 Å². The molecule has 1 aromatic rings. The van der Waals surface area contributed by atoms with Gasteiger partial charge in [-0.3, -0.25) is 0 Å².